The lowest BCUT2D eigenvalue weighted by Gasteiger charge is -2.33. The van der Waals surface area contributed by atoms with E-state index in [0.29, 0.717) is 0 Å². The summed E-state index contributed by atoms with van der Waals surface area (Å²) in [7, 11) is 0. The van der Waals surface area contributed by atoms with Gasteiger partial charge in [0, 0.05) is 26.5 Å². The molecule has 10 aromatic rings. The zero-order valence-corrected chi connectivity index (χ0v) is 27.3. The quantitative estimate of drug-likeness (QED) is 0.174. The molecule has 228 valence electrons. The molecule has 11 rings (SSSR count). The first-order valence-corrected chi connectivity index (χ1v) is 17.7. The monoisotopic (exact) mass is 640 g/mol. The molecule has 2 heteroatoms. The van der Waals surface area contributed by atoms with E-state index in [1.807, 2.05) is 23.9 Å². The van der Waals surface area contributed by atoms with Gasteiger partial charge in [0.25, 0.3) is 0 Å². The van der Waals surface area contributed by atoms with Crippen molar-refractivity contribution in [1.29, 1.82) is 0 Å². The maximum atomic E-state index is 6.26. The number of rotatable bonds is 2. The van der Waals surface area contributed by atoms with Crippen LogP contribution in [0.2, 0.25) is 0 Å². The molecule has 0 spiro atoms. The highest BCUT2D eigenvalue weighted by molar-refractivity contribution is 8.00. The van der Waals surface area contributed by atoms with Gasteiger partial charge in [-0.15, -0.1) is 0 Å². The Morgan fingerprint density at radius 2 is 0.776 bits per heavy atom. The first-order chi connectivity index (χ1) is 24.3. The van der Waals surface area contributed by atoms with Crippen molar-refractivity contribution in [2.24, 2.45) is 0 Å². The van der Waals surface area contributed by atoms with Gasteiger partial charge in [-0.2, -0.15) is 0 Å². The second kappa shape index (κ2) is 10.3. The molecule has 0 bridgehead atoms. The van der Waals surface area contributed by atoms with Crippen LogP contribution in [-0.4, -0.2) is 0 Å². The van der Waals surface area contributed by atoms with Crippen LogP contribution in [0.3, 0.4) is 0 Å². The highest BCUT2D eigenvalue weighted by atomic mass is 32.2. The summed E-state index contributed by atoms with van der Waals surface area (Å²) in [4.78, 5) is 2.73. The van der Waals surface area contributed by atoms with Gasteiger partial charge in [-0.05, 0) is 89.1 Å². The number of fused-ring (bicyclic) bond motifs is 15. The molecule has 1 aromatic heterocycles. The molecule has 0 unspecified atom stereocenters. The summed E-state index contributed by atoms with van der Waals surface area (Å²) in [5.41, 5.74) is 8.31. The zero-order chi connectivity index (χ0) is 32.1. The largest absolute Gasteiger partial charge is 0.456 e. The highest BCUT2D eigenvalue weighted by Crippen LogP contribution is 2.57. The van der Waals surface area contributed by atoms with Crippen molar-refractivity contribution in [2.75, 3.05) is 0 Å². The maximum absolute atomic E-state index is 6.26. The topological polar surface area (TPSA) is 13.1 Å². The minimum atomic E-state index is 0.0576. The van der Waals surface area contributed by atoms with Gasteiger partial charge in [0.15, 0.2) is 0 Å². The van der Waals surface area contributed by atoms with E-state index in [4.69, 9.17) is 4.42 Å². The third-order valence-electron chi connectivity index (χ3n) is 10.6. The van der Waals surface area contributed by atoms with Crippen LogP contribution in [0.1, 0.15) is 22.6 Å². The maximum Gasteiger partial charge on any atom is 0.136 e. The highest BCUT2D eigenvalue weighted by Gasteiger charge is 2.34. The second-order valence-electron chi connectivity index (χ2n) is 13.1. The molecule has 1 aliphatic rings. The fraction of sp³-hybridized carbons (Fsp3) is 0.0213. The number of furan rings is 1. The van der Waals surface area contributed by atoms with Gasteiger partial charge in [0.1, 0.15) is 11.2 Å². The van der Waals surface area contributed by atoms with E-state index in [-0.39, 0.29) is 5.92 Å². The van der Waals surface area contributed by atoms with Crippen molar-refractivity contribution in [3.63, 3.8) is 0 Å². The van der Waals surface area contributed by atoms with Gasteiger partial charge in [-0.1, -0.05) is 157 Å². The predicted octanol–water partition coefficient (Wildman–Crippen LogP) is 13.5. The van der Waals surface area contributed by atoms with Crippen LogP contribution in [0, 0.1) is 0 Å². The van der Waals surface area contributed by atoms with Gasteiger partial charge in [-0.25, -0.2) is 0 Å². The number of para-hydroxylation sites is 1. The Morgan fingerprint density at radius 1 is 0.347 bits per heavy atom. The molecule has 0 amide bonds. The summed E-state index contributed by atoms with van der Waals surface area (Å²) in [6.07, 6.45) is 0. The lowest BCUT2D eigenvalue weighted by Crippen LogP contribution is -2.12. The summed E-state index contributed by atoms with van der Waals surface area (Å²) in [6, 6.07) is 60.1. The van der Waals surface area contributed by atoms with Crippen LogP contribution in [0.15, 0.2) is 178 Å². The van der Waals surface area contributed by atoms with E-state index >= 15 is 0 Å². The molecule has 1 nitrogen and oxygen atoms in total. The molecule has 1 aliphatic heterocycles. The van der Waals surface area contributed by atoms with Gasteiger partial charge in [0.05, 0.1) is 0 Å². The molecule has 0 saturated heterocycles. The Balaban J connectivity index is 1.19. The molecule has 49 heavy (non-hydrogen) atoms. The average molecular weight is 641 g/mol. The lowest BCUT2D eigenvalue weighted by atomic mass is 9.78. The molecule has 0 radical (unpaired) electrons. The van der Waals surface area contributed by atoms with E-state index in [1.165, 1.54) is 75.1 Å². The first kappa shape index (κ1) is 27.2. The summed E-state index contributed by atoms with van der Waals surface area (Å²) < 4.78 is 6.26. The SMILES string of the molecule is c1ccc2c(c1)oc1cc(-c3ccc(C4c5c(c6ccccc6c6ccccc56)Sc5c4c4ccccc4c4ccccc54)cc3)ccc12. The molecule has 2 heterocycles. The Hall–Kier alpha value is -5.83. The van der Waals surface area contributed by atoms with Gasteiger partial charge in [-0.3, -0.25) is 0 Å². The first-order valence-electron chi connectivity index (χ1n) is 16.9. The standard InChI is InChI=1S/C47H28OS/c1-5-16-37-31(11-1)33-13-3-7-18-39(33)46-44(37)43(45-38-17-6-2-12-32(38)34-14-4-8-19-40(34)47(45)49-46)29-23-21-28(22-24-29)30-25-26-36-35-15-9-10-20-41(35)48-42(36)27-30/h1-27,43H. The fourth-order valence-corrected chi connectivity index (χ4v) is 9.87. The number of hydrogen-bond donors (Lipinski definition) is 0. The van der Waals surface area contributed by atoms with E-state index in [2.05, 4.69) is 152 Å². The average Bonchev–Trinajstić information content (AvgIpc) is 3.55. The van der Waals surface area contributed by atoms with Crippen molar-refractivity contribution < 1.29 is 4.42 Å². The van der Waals surface area contributed by atoms with Crippen molar-refractivity contribution in [3.05, 3.63) is 180 Å². The minimum Gasteiger partial charge on any atom is -0.456 e. The smallest absolute Gasteiger partial charge is 0.136 e. The Morgan fingerprint density at radius 3 is 1.35 bits per heavy atom. The van der Waals surface area contributed by atoms with Crippen molar-refractivity contribution in [1.82, 2.24) is 0 Å². The van der Waals surface area contributed by atoms with Crippen LogP contribution in [0.5, 0.6) is 0 Å². The molecule has 0 aliphatic carbocycles. The normalized spacial score (nSPS) is 13.1. The summed E-state index contributed by atoms with van der Waals surface area (Å²) in [5, 5.41) is 12.9. The third kappa shape index (κ3) is 3.90. The lowest BCUT2D eigenvalue weighted by molar-refractivity contribution is 0.669. The molecular weight excluding hydrogens is 613 g/mol. The minimum absolute atomic E-state index is 0.0576. The van der Waals surface area contributed by atoms with Crippen LogP contribution in [0.25, 0.3) is 76.2 Å². The van der Waals surface area contributed by atoms with Gasteiger partial charge >= 0.3 is 0 Å². The molecule has 0 fully saturated rings. The van der Waals surface area contributed by atoms with E-state index in [9.17, 15) is 0 Å². The molecule has 9 aromatic carbocycles. The van der Waals surface area contributed by atoms with Crippen LogP contribution in [-0.2, 0) is 0 Å². The van der Waals surface area contributed by atoms with E-state index in [0.717, 1.165) is 27.5 Å². The van der Waals surface area contributed by atoms with Crippen molar-refractivity contribution in [2.45, 2.75) is 15.7 Å². The van der Waals surface area contributed by atoms with E-state index in [1.54, 1.807) is 0 Å². The Bertz CT molecular complexity index is 2840. The van der Waals surface area contributed by atoms with Crippen LogP contribution >= 0.6 is 11.8 Å². The van der Waals surface area contributed by atoms with Crippen LogP contribution < -0.4 is 0 Å². The summed E-state index contributed by atoms with van der Waals surface area (Å²) in [6.45, 7) is 0. The number of hydrogen-bond acceptors (Lipinski definition) is 2. The second-order valence-corrected chi connectivity index (χ2v) is 14.2. The Kier molecular flexibility index (Phi) is 5.73. The van der Waals surface area contributed by atoms with Crippen molar-refractivity contribution >= 4 is 76.8 Å². The molecule has 0 N–H and O–H groups in total. The molecular formula is C47H28OS. The summed E-state index contributed by atoms with van der Waals surface area (Å²) in [5.74, 6) is 0.0576. The van der Waals surface area contributed by atoms with Crippen LogP contribution in [0.4, 0.5) is 0 Å². The molecule has 0 atom stereocenters. The third-order valence-corrected chi connectivity index (χ3v) is 11.9. The Labute approximate surface area is 287 Å². The molecule has 0 saturated carbocycles. The number of benzene rings is 9. The fourth-order valence-electron chi connectivity index (χ4n) is 8.42. The zero-order valence-electron chi connectivity index (χ0n) is 26.5. The predicted molar refractivity (Wildman–Crippen MR) is 207 cm³/mol. The van der Waals surface area contributed by atoms with Gasteiger partial charge in [0.2, 0.25) is 0 Å². The summed E-state index contributed by atoms with van der Waals surface area (Å²) >= 11 is 1.96. The van der Waals surface area contributed by atoms with Crippen molar-refractivity contribution in [3.8, 4) is 11.1 Å². The van der Waals surface area contributed by atoms with E-state index < -0.39 is 0 Å². The van der Waals surface area contributed by atoms with Gasteiger partial charge < -0.3 is 4.42 Å².